The fraction of sp³-hybridized carbons (Fsp3) is 0.538. The first-order chi connectivity index (χ1) is 6.39. The van der Waals surface area contributed by atoms with Crippen LogP contribution >= 0.6 is 22.6 Å². The molecule has 0 aromatic heterocycles. The lowest BCUT2D eigenvalue weighted by atomic mass is 9.98. The van der Waals surface area contributed by atoms with Gasteiger partial charge in [-0.1, -0.05) is 60.7 Å². The first kappa shape index (κ1) is 12.0. The maximum Gasteiger partial charge on any atom is 0.0414 e. The second kappa shape index (κ2) is 4.65. The fourth-order valence-corrected chi connectivity index (χ4v) is 1.87. The van der Waals surface area contributed by atoms with Crippen molar-refractivity contribution >= 4 is 22.6 Å². The fourth-order valence-electron chi connectivity index (χ4n) is 1.51. The molecule has 1 aromatic rings. The molecule has 0 atom stereocenters. The SMILES string of the molecule is CC(C)Cc1ccc(C(C)(C)I)cc1. The van der Waals surface area contributed by atoms with Crippen molar-refractivity contribution in [3.05, 3.63) is 35.4 Å². The number of hydrogen-bond acceptors (Lipinski definition) is 0. The molecule has 0 radical (unpaired) electrons. The number of rotatable bonds is 3. The zero-order valence-electron chi connectivity index (χ0n) is 9.47. The van der Waals surface area contributed by atoms with E-state index in [2.05, 4.69) is 74.6 Å². The Balaban J connectivity index is 2.79. The maximum absolute atomic E-state index is 2.48. The van der Waals surface area contributed by atoms with Crippen LogP contribution in [0.25, 0.3) is 0 Å². The van der Waals surface area contributed by atoms with E-state index in [0.29, 0.717) is 0 Å². The Morgan fingerprint density at radius 1 is 1.14 bits per heavy atom. The molecular formula is C13H19I. The number of alkyl halides is 1. The lowest BCUT2D eigenvalue weighted by Crippen LogP contribution is -2.06. The lowest BCUT2D eigenvalue weighted by Gasteiger charge is -2.17. The molecule has 0 N–H and O–H groups in total. The Morgan fingerprint density at radius 2 is 1.64 bits per heavy atom. The highest BCUT2D eigenvalue weighted by Gasteiger charge is 2.14. The first-order valence-corrected chi connectivity index (χ1v) is 6.26. The second-order valence-electron chi connectivity index (χ2n) is 4.77. The predicted octanol–water partition coefficient (Wildman–Crippen LogP) is 4.56. The summed E-state index contributed by atoms with van der Waals surface area (Å²) in [5.41, 5.74) is 2.86. The van der Waals surface area contributed by atoms with E-state index in [-0.39, 0.29) is 3.42 Å². The largest absolute Gasteiger partial charge is 0.0743 e. The van der Waals surface area contributed by atoms with Crippen LogP contribution < -0.4 is 0 Å². The maximum atomic E-state index is 2.48. The van der Waals surface area contributed by atoms with E-state index in [9.17, 15) is 0 Å². The summed E-state index contributed by atoms with van der Waals surface area (Å²) in [4.78, 5) is 0. The van der Waals surface area contributed by atoms with Gasteiger partial charge in [-0.2, -0.15) is 0 Å². The van der Waals surface area contributed by atoms with Crippen molar-refractivity contribution in [1.29, 1.82) is 0 Å². The smallest absolute Gasteiger partial charge is 0.0414 e. The normalized spacial score (nSPS) is 12.1. The minimum absolute atomic E-state index is 0.244. The third kappa shape index (κ3) is 3.60. The quantitative estimate of drug-likeness (QED) is 0.567. The van der Waals surface area contributed by atoms with Gasteiger partial charge in [0.1, 0.15) is 0 Å². The Hall–Kier alpha value is -0.0500. The van der Waals surface area contributed by atoms with Crippen LogP contribution in [-0.2, 0) is 9.84 Å². The summed E-state index contributed by atoms with van der Waals surface area (Å²) in [6.07, 6.45) is 1.18. The monoisotopic (exact) mass is 302 g/mol. The van der Waals surface area contributed by atoms with Crippen molar-refractivity contribution in [2.75, 3.05) is 0 Å². The van der Waals surface area contributed by atoms with Gasteiger partial charge in [0.05, 0.1) is 0 Å². The molecule has 1 heteroatoms. The summed E-state index contributed by atoms with van der Waals surface area (Å²) in [7, 11) is 0. The molecule has 0 saturated heterocycles. The van der Waals surface area contributed by atoms with Gasteiger partial charge in [-0.15, -0.1) is 0 Å². The zero-order valence-corrected chi connectivity index (χ0v) is 11.6. The molecule has 0 saturated carbocycles. The molecule has 0 fully saturated rings. The zero-order chi connectivity index (χ0) is 10.8. The highest BCUT2D eigenvalue weighted by molar-refractivity contribution is 14.1. The van der Waals surface area contributed by atoms with Gasteiger partial charge in [0.25, 0.3) is 0 Å². The van der Waals surface area contributed by atoms with Crippen molar-refractivity contribution in [1.82, 2.24) is 0 Å². The summed E-state index contributed by atoms with van der Waals surface area (Å²) in [5, 5.41) is 0. The minimum atomic E-state index is 0.244. The average molecular weight is 302 g/mol. The van der Waals surface area contributed by atoms with E-state index in [4.69, 9.17) is 0 Å². The molecule has 0 amide bonds. The molecule has 0 aliphatic heterocycles. The van der Waals surface area contributed by atoms with Crippen LogP contribution in [0.4, 0.5) is 0 Å². The van der Waals surface area contributed by atoms with Crippen molar-refractivity contribution in [2.45, 2.75) is 37.5 Å². The average Bonchev–Trinajstić information content (AvgIpc) is 2.02. The van der Waals surface area contributed by atoms with Gasteiger partial charge < -0.3 is 0 Å². The van der Waals surface area contributed by atoms with Crippen molar-refractivity contribution in [3.63, 3.8) is 0 Å². The number of hydrogen-bond donors (Lipinski definition) is 0. The molecule has 0 aliphatic carbocycles. The molecule has 0 aliphatic rings. The van der Waals surface area contributed by atoms with E-state index in [1.165, 1.54) is 17.5 Å². The van der Waals surface area contributed by atoms with Gasteiger partial charge in [0.15, 0.2) is 0 Å². The van der Waals surface area contributed by atoms with Gasteiger partial charge in [0, 0.05) is 3.42 Å². The van der Waals surface area contributed by atoms with Gasteiger partial charge in [0.2, 0.25) is 0 Å². The second-order valence-corrected chi connectivity index (χ2v) is 7.46. The molecule has 0 bridgehead atoms. The molecule has 0 spiro atoms. The van der Waals surface area contributed by atoms with E-state index in [1.54, 1.807) is 0 Å². The van der Waals surface area contributed by atoms with Crippen LogP contribution in [0.2, 0.25) is 0 Å². The summed E-state index contributed by atoms with van der Waals surface area (Å²) in [6.45, 7) is 9.00. The van der Waals surface area contributed by atoms with Crippen LogP contribution in [0.5, 0.6) is 0 Å². The van der Waals surface area contributed by atoms with E-state index >= 15 is 0 Å². The topological polar surface area (TPSA) is 0 Å². The van der Waals surface area contributed by atoms with Crippen molar-refractivity contribution < 1.29 is 0 Å². The van der Waals surface area contributed by atoms with E-state index in [0.717, 1.165) is 5.92 Å². The van der Waals surface area contributed by atoms with Gasteiger partial charge in [-0.05, 0) is 37.3 Å². The van der Waals surface area contributed by atoms with Crippen LogP contribution in [0.15, 0.2) is 24.3 Å². The molecule has 1 aromatic carbocycles. The summed E-state index contributed by atoms with van der Waals surface area (Å²) >= 11 is 2.48. The lowest BCUT2D eigenvalue weighted by molar-refractivity contribution is 0.647. The molecule has 0 heterocycles. The third-order valence-corrected chi connectivity index (χ3v) is 2.91. The molecule has 14 heavy (non-hydrogen) atoms. The van der Waals surface area contributed by atoms with Crippen molar-refractivity contribution in [2.24, 2.45) is 5.92 Å². The van der Waals surface area contributed by atoms with Crippen LogP contribution in [-0.4, -0.2) is 0 Å². The van der Waals surface area contributed by atoms with E-state index < -0.39 is 0 Å². The number of halogens is 1. The van der Waals surface area contributed by atoms with Gasteiger partial charge in [-0.25, -0.2) is 0 Å². The Kier molecular flexibility index (Phi) is 3.99. The molecule has 0 unspecified atom stereocenters. The molecular weight excluding hydrogens is 283 g/mol. The minimum Gasteiger partial charge on any atom is -0.0743 e. The van der Waals surface area contributed by atoms with Crippen LogP contribution in [0.3, 0.4) is 0 Å². The Morgan fingerprint density at radius 3 is 2.00 bits per heavy atom. The van der Waals surface area contributed by atoms with Crippen molar-refractivity contribution in [3.8, 4) is 0 Å². The molecule has 0 nitrogen and oxygen atoms in total. The standard InChI is InChI=1S/C13H19I/c1-10(2)9-11-5-7-12(8-6-11)13(3,4)14/h5-8,10H,9H2,1-4H3. The molecule has 1 rings (SSSR count). The van der Waals surface area contributed by atoms with Gasteiger partial charge >= 0.3 is 0 Å². The predicted molar refractivity (Wildman–Crippen MR) is 72.0 cm³/mol. The highest BCUT2D eigenvalue weighted by atomic mass is 127. The van der Waals surface area contributed by atoms with Gasteiger partial charge in [-0.3, -0.25) is 0 Å². The Bertz CT molecular complexity index is 277. The first-order valence-electron chi connectivity index (χ1n) is 5.18. The highest BCUT2D eigenvalue weighted by Crippen LogP contribution is 2.30. The Labute approximate surface area is 101 Å². The van der Waals surface area contributed by atoms with E-state index in [1.807, 2.05) is 0 Å². The summed E-state index contributed by atoms with van der Waals surface area (Å²) in [5.74, 6) is 0.744. The van der Waals surface area contributed by atoms with Crippen LogP contribution in [0, 0.1) is 5.92 Å². The molecule has 78 valence electrons. The van der Waals surface area contributed by atoms with Crippen LogP contribution in [0.1, 0.15) is 38.8 Å². The third-order valence-electron chi connectivity index (χ3n) is 2.28. The summed E-state index contributed by atoms with van der Waals surface area (Å²) in [6, 6.07) is 9.03. The summed E-state index contributed by atoms with van der Waals surface area (Å²) < 4.78 is 0.244. The number of benzene rings is 1.